The van der Waals surface area contributed by atoms with Crippen LogP contribution in [0.15, 0.2) is 29.0 Å². The van der Waals surface area contributed by atoms with E-state index in [1.54, 1.807) is 23.4 Å². The molecule has 8 nitrogen and oxygen atoms in total. The highest BCUT2D eigenvalue weighted by Crippen LogP contribution is 2.15. The molecule has 1 saturated heterocycles. The smallest absolute Gasteiger partial charge is 0.292 e. The molecule has 0 aromatic carbocycles. The SMILES string of the molecule is COc1cc(C(=O)N2CCN(c3ncccn3)CC2)on1. The van der Waals surface area contributed by atoms with E-state index in [2.05, 4.69) is 15.1 Å². The van der Waals surface area contributed by atoms with Crippen molar-refractivity contribution in [2.24, 2.45) is 0 Å². The molecule has 0 aliphatic carbocycles. The normalized spacial score (nSPS) is 15.1. The first-order valence-electron chi connectivity index (χ1n) is 6.60. The lowest BCUT2D eigenvalue weighted by molar-refractivity contribution is 0.0704. The molecule has 3 rings (SSSR count). The summed E-state index contributed by atoms with van der Waals surface area (Å²) in [6.45, 7) is 2.53. The summed E-state index contributed by atoms with van der Waals surface area (Å²) in [6.07, 6.45) is 3.42. The predicted molar refractivity (Wildman–Crippen MR) is 73.2 cm³/mol. The first-order chi connectivity index (χ1) is 10.3. The quantitative estimate of drug-likeness (QED) is 0.810. The van der Waals surface area contributed by atoms with Crippen LogP contribution in [0.3, 0.4) is 0 Å². The van der Waals surface area contributed by atoms with Crippen molar-refractivity contribution >= 4 is 11.9 Å². The summed E-state index contributed by atoms with van der Waals surface area (Å²) in [5, 5.41) is 3.64. The summed E-state index contributed by atoms with van der Waals surface area (Å²) in [6, 6.07) is 3.27. The van der Waals surface area contributed by atoms with Gasteiger partial charge in [0.25, 0.3) is 11.8 Å². The van der Waals surface area contributed by atoms with Crippen LogP contribution in [0.25, 0.3) is 0 Å². The van der Waals surface area contributed by atoms with Gasteiger partial charge in [-0.2, -0.15) is 0 Å². The van der Waals surface area contributed by atoms with E-state index in [1.165, 1.54) is 13.2 Å². The van der Waals surface area contributed by atoms with Gasteiger partial charge in [0.15, 0.2) is 0 Å². The zero-order valence-corrected chi connectivity index (χ0v) is 11.6. The van der Waals surface area contributed by atoms with E-state index < -0.39 is 0 Å². The number of hydrogen-bond acceptors (Lipinski definition) is 7. The average molecular weight is 289 g/mol. The largest absolute Gasteiger partial charge is 0.479 e. The van der Waals surface area contributed by atoms with Crippen LogP contribution in [0.5, 0.6) is 5.88 Å². The predicted octanol–water partition coefficient (Wildman–Crippen LogP) is 0.436. The van der Waals surface area contributed by atoms with Crippen LogP contribution in [0.1, 0.15) is 10.6 Å². The molecule has 0 bridgehead atoms. The molecule has 0 saturated carbocycles. The zero-order valence-electron chi connectivity index (χ0n) is 11.6. The van der Waals surface area contributed by atoms with Crippen molar-refractivity contribution in [1.29, 1.82) is 0 Å². The summed E-state index contributed by atoms with van der Waals surface area (Å²) < 4.78 is 9.88. The van der Waals surface area contributed by atoms with Crippen LogP contribution in [0.2, 0.25) is 0 Å². The maximum absolute atomic E-state index is 12.3. The van der Waals surface area contributed by atoms with Gasteiger partial charge in [0.1, 0.15) is 0 Å². The maximum Gasteiger partial charge on any atom is 0.292 e. The first kappa shape index (κ1) is 13.3. The van der Waals surface area contributed by atoms with Gasteiger partial charge in [-0.15, -0.1) is 0 Å². The van der Waals surface area contributed by atoms with E-state index in [0.717, 1.165) is 0 Å². The lowest BCUT2D eigenvalue weighted by Crippen LogP contribution is -2.49. The van der Waals surface area contributed by atoms with Gasteiger partial charge in [-0.25, -0.2) is 9.97 Å². The molecule has 1 fully saturated rings. The van der Waals surface area contributed by atoms with Gasteiger partial charge >= 0.3 is 0 Å². The topological polar surface area (TPSA) is 84.6 Å². The van der Waals surface area contributed by atoms with Gasteiger partial charge in [0.2, 0.25) is 11.7 Å². The molecule has 0 N–H and O–H groups in total. The number of amides is 1. The fraction of sp³-hybridized carbons (Fsp3) is 0.385. The second-order valence-electron chi connectivity index (χ2n) is 4.56. The van der Waals surface area contributed by atoms with Gasteiger partial charge < -0.3 is 19.1 Å². The number of ether oxygens (including phenoxy) is 1. The number of carbonyl (C=O) groups is 1. The fourth-order valence-corrected chi connectivity index (χ4v) is 2.18. The molecular weight excluding hydrogens is 274 g/mol. The molecule has 0 spiro atoms. The molecule has 0 atom stereocenters. The minimum atomic E-state index is -0.181. The number of hydrogen-bond donors (Lipinski definition) is 0. The molecule has 3 heterocycles. The second-order valence-corrected chi connectivity index (χ2v) is 4.56. The third kappa shape index (κ3) is 2.78. The monoisotopic (exact) mass is 289 g/mol. The Hall–Kier alpha value is -2.64. The van der Waals surface area contributed by atoms with E-state index in [0.29, 0.717) is 38.0 Å². The zero-order chi connectivity index (χ0) is 14.7. The van der Waals surface area contributed by atoms with Crippen molar-refractivity contribution in [1.82, 2.24) is 20.0 Å². The number of aromatic nitrogens is 3. The lowest BCUT2D eigenvalue weighted by atomic mass is 10.3. The summed E-state index contributed by atoms with van der Waals surface area (Å²) in [4.78, 5) is 24.4. The van der Waals surface area contributed by atoms with Crippen LogP contribution in [0.4, 0.5) is 5.95 Å². The van der Waals surface area contributed by atoms with Crippen molar-refractivity contribution < 1.29 is 14.1 Å². The van der Waals surface area contributed by atoms with Gasteiger partial charge in [0, 0.05) is 38.6 Å². The van der Waals surface area contributed by atoms with Crippen molar-refractivity contribution in [3.8, 4) is 5.88 Å². The molecule has 1 amide bonds. The molecule has 21 heavy (non-hydrogen) atoms. The van der Waals surface area contributed by atoms with Crippen LogP contribution < -0.4 is 9.64 Å². The van der Waals surface area contributed by atoms with Gasteiger partial charge in [0.05, 0.1) is 13.2 Å². The number of nitrogens with zero attached hydrogens (tertiary/aromatic N) is 5. The number of carbonyl (C=O) groups excluding carboxylic acids is 1. The van der Waals surface area contributed by atoms with E-state index in [1.807, 2.05) is 4.90 Å². The van der Waals surface area contributed by atoms with Gasteiger partial charge in [-0.1, -0.05) is 0 Å². The molecule has 1 aliphatic rings. The summed E-state index contributed by atoms with van der Waals surface area (Å²) in [5.41, 5.74) is 0. The minimum absolute atomic E-state index is 0.181. The summed E-state index contributed by atoms with van der Waals surface area (Å²) in [7, 11) is 1.48. The Balaban J connectivity index is 1.61. The third-order valence-corrected chi connectivity index (χ3v) is 3.31. The van der Waals surface area contributed by atoms with E-state index in [4.69, 9.17) is 9.26 Å². The second kappa shape index (κ2) is 5.78. The highest BCUT2D eigenvalue weighted by Gasteiger charge is 2.26. The average Bonchev–Trinajstić information content (AvgIpc) is 3.04. The molecule has 110 valence electrons. The fourth-order valence-electron chi connectivity index (χ4n) is 2.18. The Labute approximate surface area is 121 Å². The Bertz CT molecular complexity index is 607. The van der Waals surface area contributed by atoms with Crippen LogP contribution >= 0.6 is 0 Å². The van der Waals surface area contributed by atoms with E-state index >= 15 is 0 Å². The molecule has 8 heteroatoms. The van der Waals surface area contributed by atoms with Crippen molar-refractivity contribution in [3.05, 3.63) is 30.3 Å². The highest BCUT2D eigenvalue weighted by molar-refractivity contribution is 5.91. The molecule has 0 radical (unpaired) electrons. The lowest BCUT2D eigenvalue weighted by Gasteiger charge is -2.34. The molecular formula is C13H15N5O3. The molecule has 2 aromatic rings. The first-order valence-corrected chi connectivity index (χ1v) is 6.60. The van der Waals surface area contributed by atoms with Crippen molar-refractivity contribution in [2.45, 2.75) is 0 Å². The number of piperazine rings is 1. The minimum Gasteiger partial charge on any atom is -0.479 e. The number of methoxy groups -OCH3 is 1. The van der Waals surface area contributed by atoms with Crippen molar-refractivity contribution in [2.75, 3.05) is 38.2 Å². The Morgan fingerprint density at radius 3 is 2.57 bits per heavy atom. The van der Waals surface area contributed by atoms with E-state index in [-0.39, 0.29) is 11.7 Å². The summed E-state index contributed by atoms with van der Waals surface area (Å²) >= 11 is 0. The molecule has 0 unspecified atom stereocenters. The van der Waals surface area contributed by atoms with Crippen LogP contribution in [-0.2, 0) is 0 Å². The third-order valence-electron chi connectivity index (χ3n) is 3.31. The summed E-state index contributed by atoms with van der Waals surface area (Å²) in [5.74, 6) is 0.997. The standard InChI is InChI=1S/C13H15N5O3/c1-20-11-9-10(21-16-11)12(19)17-5-7-18(8-6-17)13-14-3-2-4-15-13/h2-4,9H,5-8H2,1H3. The van der Waals surface area contributed by atoms with Crippen molar-refractivity contribution in [3.63, 3.8) is 0 Å². The van der Waals surface area contributed by atoms with Gasteiger partial charge in [-0.05, 0) is 11.2 Å². The van der Waals surface area contributed by atoms with Gasteiger partial charge in [-0.3, -0.25) is 4.79 Å². The Morgan fingerprint density at radius 1 is 1.24 bits per heavy atom. The van der Waals surface area contributed by atoms with Crippen LogP contribution in [0, 0.1) is 0 Å². The number of anilines is 1. The number of rotatable bonds is 3. The van der Waals surface area contributed by atoms with Crippen LogP contribution in [-0.4, -0.2) is 59.2 Å². The Morgan fingerprint density at radius 2 is 1.95 bits per heavy atom. The Kier molecular flexibility index (Phi) is 3.67. The molecule has 2 aromatic heterocycles. The molecule has 1 aliphatic heterocycles. The maximum atomic E-state index is 12.3. The van der Waals surface area contributed by atoms with E-state index in [9.17, 15) is 4.79 Å². The highest BCUT2D eigenvalue weighted by atomic mass is 16.5.